The van der Waals surface area contributed by atoms with Crippen molar-refractivity contribution in [2.24, 2.45) is 5.92 Å². The molecule has 1 aliphatic carbocycles. The minimum absolute atomic E-state index is 0.648. The van der Waals surface area contributed by atoms with E-state index >= 15 is 0 Å². The molecule has 3 heteroatoms. The molecule has 0 spiro atoms. The van der Waals surface area contributed by atoms with Gasteiger partial charge in [-0.3, -0.25) is 4.98 Å². The maximum Gasteiger partial charge on any atom is 0.137 e. The predicted molar refractivity (Wildman–Crippen MR) is 69.4 cm³/mol. The molecule has 2 atom stereocenters. The highest BCUT2D eigenvalue weighted by atomic mass is 16.5. The van der Waals surface area contributed by atoms with Crippen LogP contribution in [0, 0.1) is 5.92 Å². The maximum atomic E-state index is 5.52. The molecule has 1 N–H and O–H groups in total. The zero-order valence-electron chi connectivity index (χ0n) is 10.8. The number of nitrogens with zero attached hydrogens (tertiary/aromatic N) is 1. The van der Waals surface area contributed by atoms with Crippen LogP contribution in [0.1, 0.15) is 37.7 Å². The second-order valence-corrected chi connectivity index (χ2v) is 4.74. The molecule has 0 saturated heterocycles. The van der Waals surface area contributed by atoms with Crippen molar-refractivity contribution in [1.82, 2.24) is 10.3 Å². The van der Waals surface area contributed by atoms with Crippen LogP contribution in [0.3, 0.4) is 0 Å². The van der Waals surface area contributed by atoms with Crippen molar-refractivity contribution in [3.05, 3.63) is 24.0 Å². The Balaban J connectivity index is 2.12. The van der Waals surface area contributed by atoms with E-state index < -0.39 is 0 Å². The topological polar surface area (TPSA) is 34.1 Å². The number of pyridine rings is 1. The summed E-state index contributed by atoms with van der Waals surface area (Å²) in [5, 5.41) is 3.30. The van der Waals surface area contributed by atoms with Crippen molar-refractivity contribution < 1.29 is 4.74 Å². The van der Waals surface area contributed by atoms with Gasteiger partial charge in [-0.2, -0.15) is 0 Å². The quantitative estimate of drug-likeness (QED) is 0.850. The van der Waals surface area contributed by atoms with E-state index in [4.69, 9.17) is 4.74 Å². The number of rotatable bonds is 5. The molecule has 17 heavy (non-hydrogen) atoms. The number of hydrogen-bond donors (Lipinski definition) is 1. The van der Waals surface area contributed by atoms with Gasteiger partial charge < -0.3 is 10.1 Å². The molecule has 1 fully saturated rings. The molecular formula is C14H22N2O. The van der Waals surface area contributed by atoms with Crippen molar-refractivity contribution in [3.8, 4) is 5.75 Å². The van der Waals surface area contributed by atoms with Crippen LogP contribution in [0.2, 0.25) is 0 Å². The van der Waals surface area contributed by atoms with Gasteiger partial charge in [-0.25, -0.2) is 0 Å². The summed E-state index contributed by atoms with van der Waals surface area (Å²) >= 11 is 0. The van der Waals surface area contributed by atoms with Gasteiger partial charge in [-0.15, -0.1) is 0 Å². The van der Waals surface area contributed by atoms with Gasteiger partial charge in [0.25, 0.3) is 0 Å². The predicted octanol–water partition coefficient (Wildman–Crippen LogP) is 2.58. The van der Waals surface area contributed by atoms with E-state index in [2.05, 4.69) is 16.4 Å². The van der Waals surface area contributed by atoms with Gasteiger partial charge in [0, 0.05) is 6.20 Å². The lowest BCUT2D eigenvalue weighted by Crippen LogP contribution is -2.21. The summed E-state index contributed by atoms with van der Waals surface area (Å²) in [7, 11) is 2.03. The molecule has 1 heterocycles. The highest BCUT2D eigenvalue weighted by molar-refractivity contribution is 5.27. The van der Waals surface area contributed by atoms with E-state index in [-0.39, 0.29) is 0 Å². The summed E-state index contributed by atoms with van der Waals surface area (Å²) in [6, 6.07) is 2.16. The lowest BCUT2D eigenvalue weighted by Gasteiger charge is -2.19. The van der Waals surface area contributed by atoms with Crippen LogP contribution in [0.15, 0.2) is 18.5 Å². The minimum atomic E-state index is 0.648. The summed E-state index contributed by atoms with van der Waals surface area (Å²) in [5.41, 5.74) is 1.34. The molecule has 1 saturated carbocycles. The van der Waals surface area contributed by atoms with Crippen LogP contribution < -0.4 is 10.1 Å². The Morgan fingerprint density at radius 3 is 3.06 bits per heavy atom. The fraction of sp³-hybridized carbons (Fsp3) is 0.643. The van der Waals surface area contributed by atoms with Gasteiger partial charge in [0.1, 0.15) is 5.75 Å². The summed E-state index contributed by atoms with van der Waals surface area (Å²) in [5.74, 6) is 2.30. The summed E-state index contributed by atoms with van der Waals surface area (Å²) in [4.78, 5) is 4.30. The van der Waals surface area contributed by atoms with Crippen molar-refractivity contribution in [2.45, 2.75) is 32.1 Å². The number of nitrogens with one attached hydrogen (secondary N) is 1. The highest BCUT2D eigenvalue weighted by Crippen LogP contribution is 2.39. The zero-order chi connectivity index (χ0) is 12.1. The van der Waals surface area contributed by atoms with Crippen molar-refractivity contribution in [1.29, 1.82) is 0 Å². The van der Waals surface area contributed by atoms with Crippen LogP contribution in [0.5, 0.6) is 5.75 Å². The third-order valence-electron chi connectivity index (χ3n) is 3.60. The van der Waals surface area contributed by atoms with Gasteiger partial charge in [0.15, 0.2) is 0 Å². The van der Waals surface area contributed by atoms with Crippen LogP contribution in [0.25, 0.3) is 0 Å². The van der Waals surface area contributed by atoms with E-state index in [1.807, 2.05) is 20.2 Å². The molecule has 94 valence electrons. The fourth-order valence-corrected chi connectivity index (χ4v) is 2.87. The van der Waals surface area contributed by atoms with Crippen molar-refractivity contribution >= 4 is 0 Å². The molecule has 0 radical (unpaired) electrons. The van der Waals surface area contributed by atoms with Crippen LogP contribution in [-0.4, -0.2) is 25.2 Å². The molecule has 0 bridgehead atoms. The third-order valence-corrected chi connectivity index (χ3v) is 3.60. The summed E-state index contributed by atoms with van der Waals surface area (Å²) in [6.45, 7) is 3.81. The fourth-order valence-electron chi connectivity index (χ4n) is 2.87. The zero-order valence-corrected chi connectivity index (χ0v) is 10.8. The van der Waals surface area contributed by atoms with Crippen LogP contribution in [0.4, 0.5) is 0 Å². The molecule has 0 amide bonds. The Labute approximate surface area is 104 Å². The third kappa shape index (κ3) is 2.97. The second kappa shape index (κ2) is 6.01. The van der Waals surface area contributed by atoms with Gasteiger partial charge >= 0.3 is 0 Å². The van der Waals surface area contributed by atoms with E-state index in [1.54, 1.807) is 6.20 Å². The first-order chi connectivity index (χ1) is 8.35. The standard InChI is InChI=1S/C14H22N2O/c1-3-17-13-7-12(9-16-10-13)14-6-4-5-11(14)8-15-2/h7,9-11,14-15H,3-6,8H2,1-2H3. The lowest BCUT2D eigenvalue weighted by atomic mass is 9.90. The SMILES string of the molecule is CCOc1cncc(C2CCCC2CNC)c1. The molecule has 2 unspecified atom stereocenters. The Morgan fingerprint density at radius 1 is 1.41 bits per heavy atom. The summed E-state index contributed by atoms with van der Waals surface area (Å²) < 4.78 is 5.52. The van der Waals surface area contributed by atoms with Gasteiger partial charge in [0.05, 0.1) is 12.8 Å². The Kier molecular flexibility index (Phi) is 4.37. The van der Waals surface area contributed by atoms with Gasteiger partial charge in [0.2, 0.25) is 0 Å². The second-order valence-electron chi connectivity index (χ2n) is 4.74. The molecule has 1 aliphatic rings. The Hall–Kier alpha value is -1.09. The van der Waals surface area contributed by atoms with Crippen molar-refractivity contribution in [3.63, 3.8) is 0 Å². The molecule has 0 aliphatic heterocycles. The van der Waals surface area contributed by atoms with E-state index in [0.717, 1.165) is 18.2 Å². The van der Waals surface area contributed by atoms with Crippen LogP contribution >= 0.6 is 0 Å². The molecule has 0 aromatic carbocycles. The molecule has 3 nitrogen and oxygen atoms in total. The average molecular weight is 234 g/mol. The maximum absolute atomic E-state index is 5.52. The number of ether oxygens (including phenoxy) is 1. The van der Waals surface area contributed by atoms with Crippen molar-refractivity contribution in [2.75, 3.05) is 20.2 Å². The number of aromatic nitrogens is 1. The lowest BCUT2D eigenvalue weighted by molar-refractivity contribution is 0.337. The molecule has 1 aromatic rings. The smallest absolute Gasteiger partial charge is 0.137 e. The van der Waals surface area contributed by atoms with Gasteiger partial charge in [-0.1, -0.05) is 6.42 Å². The number of hydrogen-bond acceptors (Lipinski definition) is 3. The average Bonchev–Trinajstić information content (AvgIpc) is 2.79. The van der Waals surface area contributed by atoms with Crippen LogP contribution in [-0.2, 0) is 0 Å². The van der Waals surface area contributed by atoms with Gasteiger partial charge in [-0.05, 0) is 56.8 Å². The first-order valence-corrected chi connectivity index (χ1v) is 6.57. The van der Waals surface area contributed by atoms with E-state index in [9.17, 15) is 0 Å². The Bertz CT molecular complexity index is 354. The molecule has 1 aromatic heterocycles. The normalized spacial score (nSPS) is 23.9. The molecular weight excluding hydrogens is 212 g/mol. The molecule has 2 rings (SSSR count). The first-order valence-electron chi connectivity index (χ1n) is 6.57. The first kappa shape index (κ1) is 12.4. The monoisotopic (exact) mass is 234 g/mol. The summed E-state index contributed by atoms with van der Waals surface area (Å²) in [6.07, 6.45) is 7.74. The Morgan fingerprint density at radius 2 is 2.29 bits per heavy atom. The minimum Gasteiger partial charge on any atom is -0.492 e. The largest absolute Gasteiger partial charge is 0.492 e. The highest BCUT2D eigenvalue weighted by Gasteiger charge is 2.28. The van der Waals surface area contributed by atoms with E-state index in [0.29, 0.717) is 12.5 Å². The van der Waals surface area contributed by atoms with E-state index in [1.165, 1.54) is 24.8 Å².